The highest BCUT2D eigenvalue weighted by molar-refractivity contribution is 6.31. The summed E-state index contributed by atoms with van der Waals surface area (Å²) in [5.74, 6) is -2.91. The van der Waals surface area contributed by atoms with E-state index in [0.717, 1.165) is 12.1 Å². The van der Waals surface area contributed by atoms with Crippen molar-refractivity contribution in [2.24, 2.45) is 0 Å². The van der Waals surface area contributed by atoms with Crippen molar-refractivity contribution in [2.45, 2.75) is 12.7 Å². The number of carbonyl (C=O) groups excluding carboxylic acids is 1. The summed E-state index contributed by atoms with van der Waals surface area (Å²) in [6.07, 6.45) is -0.259. The molecule has 126 valence electrons. The fraction of sp³-hybridized carbons (Fsp3) is 0.235. The highest BCUT2D eigenvalue weighted by atomic mass is 35.5. The Kier molecular flexibility index (Phi) is 4.78. The van der Waals surface area contributed by atoms with Crippen LogP contribution in [0.15, 0.2) is 36.4 Å². The predicted octanol–water partition coefficient (Wildman–Crippen LogP) is 3.80. The molecule has 1 saturated heterocycles. The molecule has 7 heteroatoms. The summed E-state index contributed by atoms with van der Waals surface area (Å²) < 4.78 is 45.7. The third-order valence-corrected chi connectivity index (χ3v) is 4.15. The Morgan fingerprint density at radius 1 is 1.17 bits per heavy atom. The number of rotatable bonds is 4. The first-order valence-electron chi connectivity index (χ1n) is 7.24. The van der Waals surface area contributed by atoms with Crippen molar-refractivity contribution >= 4 is 17.5 Å². The smallest absolute Gasteiger partial charge is 0.260 e. The van der Waals surface area contributed by atoms with Crippen LogP contribution >= 0.6 is 11.6 Å². The van der Waals surface area contributed by atoms with Crippen molar-refractivity contribution in [3.63, 3.8) is 0 Å². The van der Waals surface area contributed by atoms with E-state index in [2.05, 4.69) is 0 Å². The van der Waals surface area contributed by atoms with Gasteiger partial charge in [0, 0.05) is 18.1 Å². The second-order valence-corrected chi connectivity index (χ2v) is 5.88. The zero-order chi connectivity index (χ0) is 17.3. The largest absolute Gasteiger partial charge is 0.370 e. The molecule has 0 saturated carbocycles. The third kappa shape index (κ3) is 3.39. The first-order chi connectivity index (χ1) is 11.5. The van der Waals surface area contributed by atoms with Crippen LogP contribution in [0.1, 0.15) is 15.9 Å². The normalized spacial score (nSPS) is 14.6. The highest BCUT2D eigenvalue weighted by Gasteiger charge is 2.34. The Morgan fingerprint density at radius 2 is 1.83 bits per heavy atom. The fourth-order valence-corrected chi connectivity index (χ4v) is 2.64. The first kappa shape index (κ1) is 16.8. The van der Waals surface area contributed by atoms with E-state index in [9.17, 15) is 18.0 Å². The average molecular weight is 356 g/mol. The van der Waals surface area contributed by atoms with Crippen LogP contribution in [0, 0.1) is 17.5 Å². The molecule has 1 heterocycles. The van der Waals surface area contributed by atoms with Crippen molar-refractivity contribution in [1.29, 1.82) is 0 Å². The predicted molar refractivity (Wildman–Crippen MR) is 82.2 cm³/mol. The van der Waals surface area contributed by atoms with E-state index >= 15 is 0 Å². The van der Waals surface area contributed by atoms with Gasteiger partial charge in [-0.1, -0.05) is 23.7 Å². The molecule has 1 aliphatic heterocycles. The molecule has 0 spiro atoms. The second-order valence-electron chi connectivity index (χ2n) is 5.48. The van der Waals surface area contributed by atoms with E-state index in [4.69, 9.17) is 16.3 Å². The van der Waals surface area contributed by atoms with Gasteiger partial charge in [0.2, 0.25) is 0 Å². The number of hydrogen-bond donors (Lipinski definition) is 0. The molecule has 24 heavy (non-hydrogen) atoms. The second kappa shape index (κ2) is 6.83. The van der Waals surface area contributed by atoms with Crippen molar-refractivity contribution in [3.8, 4) is 0 Å². The van der Waals surface area contributed by atoms with Crippen LogP contribution in [0.2, 0.25) is 5.02 Å². The summed E-state index contributed by atoms with van der Waals surface area (Å²) >= 11 is 5.90. The summed E-state index contributed by atoms with van der Waals surface area (Å²) in [6.45, 7) is 0.622. The maximum Gasteiger partial charge on any atom is 0.260 e. The Hall–Kier alpha value is -2.05. The molecule has 1 fully saturated rings. The minimum absolute atomic E-state index is 0.167. The van der Waals surface area contributed by atoms with E-state index in [1.54, 1.807) is 0 Å². The number of ether oxygens (including phenoxy) is 1. The lowest BCUT2D eigenvalue weighted by molar-refractivity contribution is -0.0505. The average Bonchev–Trinajstić information content (AvgIpc) is 2.47. The molecule has 0 aliphatic carbocycles. The zero-order valence-corrected chi connectivity index (χ0v) is 13.2. The van der Waals surface area contributed by atoms with Crippen LogP contribution in [0.3, 0.4) is 0 Å². The molecular weight excluding hydrogens is 343 g/mol. The van der Waals surface area contributed by atoms with Crippen molar-refractivity contribution in [2.75, 3.05) is 13.1 Å². The van der Waals surface area contributed by atoms with E-state index < -0.39 is 28.9 Å². The topological polar surface area (TPSA) is 29.5 Å². The van der Waals surface area contributed by atoms with E-state index in [0.29, 0.717) is 5.56 Å². The molecule has 1 amide bonds. The third-order valence-electron chi connectivity index (χ3n) is 3.80. The van der Waals surface area contributed by atoms with Gasteiger partial charge in [-0.05, 0) is 29.8 Å². The number of halogens is 4. The lowest BCUT2D eigenvalue weighted by Gasteiger charge is -2.39. The fourth-order valence-electron chi connectivity index (χ4n) is 2.42. The molecule has 0 N–H and O–H groups in total. The van der Waals surface area contributed by atoms with Gasteiger partial charge in [0.15, 0.2) is 0 Å². The monoisotopic (exact) mass is 355 g/mol. The van der Waals surface area contributed by atoms with Crippen LogP contribution in [0.4, 0.5) is 13.2 Å². The van der Waals surface area contributed by atoms with Crippen molar-refractivity contribution < 1.29 is 22.7 Å². The van der Waals surface area contributed by atoms with Crippen LogP contribution in [0.25, 0.3) is 0 Å². The summed E-state index contributed by atoms with van der Waals surface area (Å²) in [5, 5.41) is 0.260. The SMILES string of the molecule is O=C(c1c(F)cccc1F)N1CC(OCc2ccc(F)cc2Cl)C1. The molecule has 0 aromatic heterocycles. The van der Waals surface area contributed by atoms with Crippen LogP contribution in [-0.4, -0.2) is 30.0 Å². The van der Waals surface area contributed by atoms with E-state index in [1.807, 2.05) is 0 Å². The standard InChI is InChI=1S/C17H13ClF3NO2/c18-13-6-11(19)5-4-10(13)9-24-12-7-22(8-12)17(23)16-14(20)2-1-3-15(16)21/h1-6,12H,7-9H2. The van der Waals surface area contributed by atoms with Crippen molar-refractivity contribution in [3.05, 3.63) is 70.0 Å². The number of amides is 1. The molecule has 0 bridgehead atoms. The molecule has 0 radical (unpaired) electrons. The maximum absolute atomic E-state index is 13.6. The quantitative estimate of drug-likeness (QED) is 0.835. The molecule has 2 aromatic carbocycles. The maximum atomic E-state index is 13.6. The zero-order valence-electron chi connectivity index (χ0n) is 12.4. The minimum atomic E-state index is -0.887. The molecule has 2 aromatic rings. The molecular formula is C17H13ClF3NO2. The Balaban J connectivity index is 1.55. The van der Waals surface area contributed by atoms with Crippen LogP contribution in [-0.2, 0) is 11.3 Å². The molecule has 1 aliphatic rings. The number of likely N-dealkylation sites (tertiary alicyclic amines) is 1. The van der Waals surface area contributed by atoms with Gasteiger partial charge in [-0.15, -0.1) is 0 Å². The number of nitrogens with zero attached hydrogens (tertiary/aromatic N) is 1. The van der Waals surface area contributed by atoms with Gasteiger partial charge in [0.05, 0.1) is 12.7 Å². The van der Waals surface area contributed by atoms with Gasteiger partial charge < -0.3 is 9.64 Å². The van der Waals surface area contributed by atoms with E-state index in [-0.39, 0.29) is 30.8 Å². The lowest BCUT2D eigenvalue weighted by atomic mass is 10.1. The number of carbonyl (C=O) groups is 1. The van der Waals surface area contributed by atoms with Gasteiger partial charge >= 0.3 is 0 Å². The van der Waals surface area contributed by atoms with Gasteiger partial charge in [-0.3, -0.25) is 4.79 Å². The Bertz CT molecular complexity index is 758. The van der Waals surface area contributed by atoms with Gasteiger partial charge in [-0.2, -0.15) is 0 Å². The summed E-state index contributed by atoms with van der Waals surface area (Å²) in [5.41, 5.74) is 0.0699. The van der Waals surface area contributed by atoms with Gasteiger partial charge in [0.25, 0.3) is 5.91 Å². The van der Waals surface area contributed by atoms with Gasteiger partial charge in [0.1, 0.15) is 23.0 Å². The van der Waals surface area contributed by atoms with Crippen LogP contribution < -0.4 is 0 Å². The summed E-state index contributed by atoms with van der Waals surface area (Å²) in [6, 6.07) is 7.28. The number of benzene rings is 2. The minimum Gasteiger partial charge on any atom is -0.370 e. The molecule has 0 unspecified atom stereocenters. The highest BCUT2D eigenvalue weighted by Crippen LogP contribution is 2.23. The summed E-state index contributed by atoms with van der Waals surface area (Å²) in [7, 11) is 0. The molecule has 0 atom stereocenters. The Morgan fingerprint density at radius 3 is 2.46 bits per heavy atom. The van der Waals surface area contributed by atoms with E-state index in [1.165, 1.54) is 29.2 Å². The van der Waals surface area contributed by atoms with Crippen molar-refractivity contribution in [1.82, 2.24) is 4.90 Å². The Labute approximate surface area is 141 Å². The lowest BCUT2D eigenvalue weighted by Crippen LogP contribution is -2.55. The van der Waals surface area contributed by atoms with Gasteiger partial charge in [-0.25, -0.2) is 13.2 Å². The number of hydrogen-bond acceptors (Lipinski definition) is 2. The molecule has 3 nitrogen and oxygen atoms in total. The summed E-state index contributed by atoms with van der Waals surface area (Å²) in [4.78, 5) is 13.4. The first-order valence-corrected chi connectivity index (χ1v) is 7.62. The molecule has 3 rings (SSSR count). The van der Waals surface area contributed by atoms with Crippen LogP contribution in [0.5, 0.6) is 0 Å².